The summed E-state index contributed by atoms with van der Waals surface area (Å²) < 4.78 is 0. The van der Waals surface area contributed by atoms with Crippen LogP contribution in [0.25, 0.3) is 0 Å². The Morgan fingerprint density at radius 1 is 0.722 bits per heavy atom. The summed E-state index contributed by atoms with van der Waals surface area (Å²) in [4.78, 5) is 0. The fourth-order valence-electron chi connectivity index (χ4n) is 2.45. The molecular weight excluding hydrogens is 218 g/mol. The van der Waals surface area contributed by atoms with Crippen LogP contribution in [0.2, 0.25) is 0 Å². The molecule has 18 heavy (non-hydrogen) atoms. The van der Waals surface area contributed by atoms with Crippen molar-refractivity contribution in [1.29, 1.82) is 0 Å². The Morgan fingerprint density at radius 2 is 1.28 bits per heavy atom. The monoisotopic (exact) mass is 255 g/mol. The van der Waals surface area contributed by atoms with E-state index < -0.39 is 0 Å². The van der Waals surface area contributed by atoms with E-state index in [9.17, 15) is 0 Å². The molecule has 0 rings (SSSR count). The molecule has 1 heteroatoms. The summed E-state index contributed by atoms with van der Waals surface area (Å²) in [5.74, 6) is 0. The number of nitrogens with one attached hydrogen (secondary N) is 1. The molecule has 0 aliphatic carbocycles. The third kappa shape index (κ3) is 9.94. The van der Waals surface area contributed by atoms with Crippen molar-refractivity contribution in [1.82, 2.24) is 5.32 Å². The zero-order chi connectivity index (χ0) is 13.7. The predicted octanol–water partition coefficient (Wildman–Crippen LogP) is 5.69. The summed E-state index contributed by atoms with van der Waals surface area (Å²) in [6.07, 6.45) is 15.1. The summed E-state index contributed by atoms with van der Waals surface area (Å²) in [5, 5.41) is 3.80. The SMILES string of the molecule is CCCCCCCC(C)(CC)NCCCCCC. The van der Waals surface area contributed by atoms with Crippen LogP contribution in [0.5, 0.6) is 0 Å². The van der Waals surface area contributed by atoms with Crippen LogP contribution in [0, 0.1) is 0 Å². The average molecular weight is 255 g/mol. The van der Waals surface area contributed by atoms with Crippen LogP contribution in [-0.4, -0.2) is 12.1 Å². The third-order valence-corrected chi connectivity index (χ3v) is 4.19. The molecule has 0 aromatic heterocycles. The highest BCUT2D eigenvalue weighted by Gasteiger charge is 2.19. The van der Waals surface area contributed by atoms with E-state index in [4.69, 9.17) is 0 Å². The van der Waals surface area contributed by atoms with Crippen LogP contribution in [0.15, 0.2) is 0 Å². The van der Waals surface area contributed by atoms with Gasteiger partial charge >= 0.3 is 0 Å². The van der Waals surface area contributed by atoms with Gasteiger partial charge in [0.1, 0.15) is 0 Å². The number of hydrogen-bond acceptors (Lipinski definition) is 1. The van der Waals surface area contributed by atoms with E-state index in [-0.39, 0.29) is 0 Å². The van der Waals surface area contributed by atoms with Gasteiger partial charge in [0.15, 0.2) is 0 Å². The van der Waals surface area contributed by atoms with Crippen molar-refractivity contribution in [2.24, 2.45) is 0 Å². The molecule has 0 aromatic rings. The van der Waals surface area contributed by atoms with Gasteiger partial charge in [0, 0.05) is 5.54 Å². The van der Waals surface area contributed by atoms with Crippen LogP contribution >= 0.6 is 0 Å². The van der Waals surface area contributed by atoms with Crippen LogP contribution < -0.4 is 5.32 Å². The van der Waals surface area contributed by atoms with Crippen molar-refractivity contribution in [2.45, 2.75) is 104 Å². The standard InChI is InChI=1S/C17H37N/c1-5-8-10-12-13-15-17(4,7-3)18-16-14-11-9-6-2/h18H,5-16H2,1-4H3. The summed E-state index contributed by atoms with van der Waals surface area (Å²) in [5.41, 5.74) is 0.387. The lowest BCUT2D eigenvalue weighted by Crippen LogP contribution is -2.42. The second-order valence-electron chi connectivity index (χ2n) is 6.07. The van der Waals surface area contributed by atoms with Gasteiger partial charge in [0.05, 0.1) is 0 Å². The Morgan fingerprint density at radius 3 is 1.83 bits per heavy atom. The van der Waals surface area contributed by atoms with Crippen LogP contribution in [-0.2, 0) is 0 Å². The maximum absolute atomic E-state index is 3.80. The molecule has 0 radical (unpaired) electrons. The first-order valence-corrected chi connectivity index (χ1v) is 8.43. The molecule has 1 N–H and O–H groups in total. The first kappa shape index (κ1) is 18.0. The zero-order valence-electron chi connectivity index (χ0n) is 13.5. The average Bonchev–Trinajstić information content (AvgIpc) is 2.38. The second-order valence-corrected chi connectivity index (χ2v) is 6.07. The Bertz CT molecular complexity index is 151. The summed E-state index contributed by atoms with van der Waals surface area (Å²) in [6.45, 7) is 10.5. The maximum Gasteiger partial charge on any atom is 0.0150 e. The van der Waals surface area contributed by atoms with E-state index in [0.717, 1.165) is 0 Å². The molecule has 0 aliphatic rings. The Kier molecular flexibility index (Phi) is 12.0. The molecule has 110 valence electrons. The smallest absolute Gasteiger partial charge is 0.0150 e. The fourth-order valence-corrected chi connectivity index (χ4v) is 2.45. The first-order chi connectivity index (χ1) is 8.68. The topological polar surface area (TPSA) is 12.0 Å². The highest BCUT2D eigenvalue weighted by Crippen LogP contribution is 2.19. The van der Waals surface area contributed by atoms with E-state index in [1.165, 1.54) is 77.2 Å². The minimum atomic E-state index is 0.387. The lowest BCUT2D eigenvalue weighted by atomic mass is 9.91. The molecule has 0 fully saturated rings. The Hall–Kier alpha value is -0.0400. The first-order valence-electron chi connectivity index (χ1n) is 8.43. The van der Waals surface area contributed by atoms with Crippen molar-refractivity contribution >= 4 is 0 Å². The summed E-state index contributed by atoms with van der Waals surface area (Å²) >= 11 is 0. The highest BCUT2D eigenvalue weighted by molar-refractivity contribution is 4.81. The fraction of sp³-hybridized carbons (Fsp3) is 1.00. The highest BCUT2D eigenvalue weighted by atomic mass is 15.0. The van der Waals surface area contributed by atoms with E-state index in [1.54, 1.807) is 0 Å². The van der Waals surface area contributed by atoms with Gasteiger partial charge in [-0.1, -0.05) is 72.1 Å². The van der Waals surface area contributed by atoms with Crippen molar-refractivity contribution in [3.8, 4) is 0 Å². The number of rotatable bonds is 13. The van der Waals surface area contributed by atoms with Gasteiger partial charge in [0.2, 0.25) is 0 Å². The normalized spacial score (nSPS) is 14.7. The predicted molar refractivity (Wildman–Crippen MR) is 84.2 cm³/mol. The van der Waals surface area contributed by atoms with Crippen molar-refractivity contribution < 1.29 is 0 Å². The molecule has 0 amide bonds. The molecule has 1 atom stereocenters. The van der Waals surface area contributed by atoms with Crippen LogP contribution in [0.4, 0.5) is 0 Å². The molecule has 0 heterocycles. The van der Waals surface area contributed by atoms with Crippen molar-refractivity contribution in [2.75, 3.05) is 6.54 Å². The van der Waals surface area contributed by atoms with Crippen LogP contribution in [0.1, 0.15) is 98.3 Å². The molecular formula is C17H37N. The van der Waals surface area contributed by atoms with Crippen LogP contribution in [0.3, 0.4) is 0 Å². The zero-order valence-corrected chi connectivity index (χ0v) is 13.5. The Balaban J connectivity index is 3.60. The quantitative estimate of drug-likeness (QED) is 0.417. The number of hydrogen-bond donors (Lipinski definition) is 1. The molecule has 1 unspecified atom stereocenters. The largest absolute Gasteiger partial charge is 0.312 e. The van der Waals surface area contributed by atoms with Gasteiger partial charge in [-0.05, 0) is 32.7 Å². The van der Waals surface area contributed by atoms with E-state index in [1.807, 2.05) is 0 Å². The molecule has 0 saturated carbocycles. The minimum Gasteiger partial charge on any atom is -0.312 e. The van der Waals surface area contributed by atoms with Gasteiger partial charge in [0.25, 0.3) is 0 Å². The Labute approximate surface area is 116 Å². The number of unbranched alkanes of at least 4 members (excludes halogenated alkanes) is 7. The van der Waals surface area contributed by atoms with Crippen molar-refractivity contribution in [3.63, 3.8) is 0 Å². The molecule has 0 aliphatic heterocycles. The van der Waals surface area contributed by atoms with E-state index >= 15 is 0 Å². The van der Waals surface area contributed by atoms with Crippen molar-refractivity contribution in [3.05, 3.63) is 0 Å². The minimum absolute atomic E-state index is 0.387. The van der Waals surface area contributed by atoms with Gasteiger partial charge < -0.3 is 5.32 Å². The van der Waals surface area contributed by atoms with Gasteiger partial charge in [-0.3, -0.25) is 0 Å². The third-order valence-electron chi connectivity index (χ3n) is 4.19. The lowest BCUT2D eigenvalue weighted by Gasteiger charge is -2.30. The molecule has 0 aromatic carbocycles. The lowest BCUT2D eigenvalue weighted by molar-refractivity contribution is 0.305. The maximum atomic E-state index is 3.80. The molecule has 1 nitrogen and oxygen atoms in total. The summed E-state index contributed by atoms with van der Waals surface area (Å²) in [7, 11) is 0. The molecule has 0 spiro atoms. The van der Waals surface area contributed by atoms with E-state index in [0.29, 0.717) is 5.54 Å². The molecule has 0 saturated heterocycles. The van der Waals surface area contributed by atoms with Gasteiger partial charge in [-0.15, -0.1) is 0 Å². The molecule has 0 bridgehead atoms. The van der Waals surface area contributed by atoms with Gasteiger partial charge in [-0.2, -0.15) is 0 Å². The second kappa shape index (κ2) is 12.0. The van der Waals surface area contributed by atoms with E-state index in [2.05, 4.69) is 33.0 Å². The summed E-state index contributed by atoms with van der Waals surface area (Å²) in [6, 6.07) is 0. The van der Waals surface area contributed by atoms with Gasteiger partial charge in [-0.25, -0.2) is 0 Å².